The van der Waals surface area contributed by atoms with Gasteiger partial charge < -0.3 is 20.4 Å². The number of phenolic OH excluding ortho intramolecular Hbond substituents is 1. The molecule has 0 spiro atoms. The molecule has 5 nitrogen and oxygen atoms in total. The number of aromatic hydroxyl groups is 1. The molecule has 1 heterocycles. The van der Waals surface area contributed by atoms with Crippen LogP contribution in [0.2, 0.25) is 0 Å². The maximum atomic E-state index is 13.3. The molecule has 2 rings (SSSR count). The van der Waals surface area contributed by atoms with Gasteiger partial charge >= 0.3 is 6.03 Å². The maximum Gasteiger partial charge on any atom is 0.322 e. The van der Waals surface area contributed by atoms with Crippen molar-refractivity contribution in [1.82, 2.24) is 4.90 Å². The van der Waals surface area contributed by atoms with Crippen molar-refractivity contribution in [2.45, 2.75) is 12.5 Å². The Morgan fingerprint density at radius 1 is 1.53 bits per heavy atom. The normalized spacial score (nSPS) is 19.4. The third kappa shape index (κ3) is 2.47. The van der Waals surface area contributed by atoms with Crippen molar-refractivity contribution >= 4 is 11.7 Å². The number of carbonyl (C=O) groups excluding carboxylic acids is 1. The third-order valence-electron chi connectivity index (χ3n) is 2.67. The predicted molar refractivity (Wildman–Crippen MR) is 59.3 cm³/mol. The number of aliphatic hydroxyl groups is 1. The van der Waals surface area contributed by atoms with Crippen molar-refractivity contribution in [3.8, 4) is 5.75 Å². The van der Waals surface area contributed by atoms with Crippen molar-refractivity contribution in [2.24, 2.45) is 0 Å². The number of urea groups is 1. The Labute approximate surface area is 97.5 Å². The monoisotopic (exact) mass is 240 g/mol. The highest BCUT2D eigenvalue weighted by Crippen LogP contribution is 2.26. The van der Waals surface area contributed by atoms with Crippen molar-refractivity contribution in [3.05, 3.63) is 24.0 Å². The van der Waals surface area contributed by atoms with Gasteiger partial charge in [0.25, 0.3) is 0 Å². The summed E-state index contributed by atoms with van der Waals surface area (Å²) in [4.78, 5) is 13.1. The van der Waals surface area contributed by atoms with E-state index in [1.165, 1.54) is 17.0 Å². The molecule has 1 saturated heterocycles. The second-order valence-electron chi connectivity index (χ2n) is 3.95. The molecular formula is C11H13FN2O3. The number of halogens is 1. The summed E-state index contributed by atoms with van der Waals surface area (Å²) < 4.78 is 13.3. The number of carbonyl (C=O) groups is 1. The van der Waals surface area contributed by atoms with Crippen LogP contribution in [-0.4, -0.2) is 40.3 Å². The fourth-order valence-electron chi connectivity index (χ4n) is 1.75. The van der Waals surface area contributed by atoms with E-state index in [4.69, 9.17) is 0 Å². The number of aliphatic hydroxyl groups excluding tert-OH is 1. The average molecular weight is 240 g/mol. The first-order chi connectivity index (χ1) is 8.08. The molecule has 2 amide bonds. The standard InChI is InChI=1S/C11H13FN2O3/c12-8-2-1-3-9(16)10(8)13-11(17)14-5-4-7(15)6-14/h1-3,7,15-16H,4-6H2,(H,13,17)/t7-/m1/s1. The highest BCUT2D eigenvalue weighted by atomic mass is 19.1. The third-order valence-corrected chi connectivity index (χ3v) is 2.67. The predicted octanol–water partition coefficient (Wildman–Crippen LogP) is 1.13. The summed E-state index contributed by atoms with van der Waals surface area (Å²) in [6, 6.07) is 3.26. The van der Waals surface area contributed by atoms with Gasteiger partial charge in [0.05, 0.1) is 6.10 Å². The number of hydrogen-bond acceptors (Lipinski definition) is 3. The minimum absolute atomic E-state index is 0.223. The van der Waals surface area contributed by atoms with Gasteiger partial charge in [-0.25, -0.2) is 9.18 Å². The molecule has 0 unspecified atom stereocenters. The van der Waals surface area contributed by atoms with Gasteiger partial charge in [-0.2, -0.15) is 0 Å². The van der Waals surface area contributed by atoms with E-state index in [0.29, 0.717) is 13.0 Å². The molecule has 1 atom stereocenters. The van der Waals surface area contributed by atoms with Gasteiger partial charge in [-0.1, -0.05) is 6.07 Å². The van der Waals surface area contributed by atoms with E-state index in [1.54, 1.807) is 0 Å². The Hall–Kier alpha value is -1.82. The Kier molecular flexibility index (Phi) is 3.14. The first-order valence-corrected chi connectivity index (χ1v) is 5.29. The maximum absolute atomic E-state index is 13.3. The Morgan fingerprint density at radius 3 is 2.88 bits per heavy atom. The number of benzene rings is 1. The van der Waals surface area contributed by atoms with Gasteiger partial charge in [-0.05, 0) is 18.6 Å². The second-order valence-corrected chi connectivity index (χ2v) is 3.95. The van der Waals surface area contributed by atoms with Crippen molar-refractivity contribution in [1.29, 1.82) is 0 Å². The number of para-hydroxylation sites is 1. The number of rotatable bonds is 1. The zero-order valence-corrected chi connectivity index (χ0v) is 9.06. The van der Waals surface area contributed by atoms with Crippen LogP contribution < -0.4 is 5.32 Å². The van der Waals surface area contributed by atoms with Crippen LogP contribution in [0.4, 0.5) is 14.9 Å². The number of anilines is 1. The smallest absolute Gasteiger partial charge is 0.322 e. The number of phenols is 1. The Morgan fingerprint density at radius 2 is 2.29 bits per heavy atom. The fourth-order valence-corrected chi connectivity index (χ4v) is 1.75. The lowest BCUT2D eigenvalue weighted by Gasteiger charge is -2.17. The second kappa shape index (κ2) is 4.58. The zero-order chi connectivity index (χ0) is 12.4. The summed E-state index contributed by atoms with van der Waals surface area (Å²) in [5, 5.41) is 21.0. The average Bonchev–Trinajstić information content (AvgIpc) is 2.70. The van der Waals surface area contributed by atoms with Crippen LogP contribution in [0.3, 0.4) is 0 Å². The quantitative estimate of drug-likeness (QED) is 0.644. The van der Waals surface area contributed by atoms with E-state index in [0.717, 1.165) is 6.07 Å². The molecule has 1 fully saturated rings. The number of amides is 2. The summed E-state index contributed by atoms with van der Waals surface area (Å²) in [5.74, 6) is -1.02. The topological polar surface area (TPSA) is 72.8 Å². The van der Waals surface area contributed by atoms with Gasteiger partial charge in [0.2, 0.25) is 0 Å². The Bertz CT molecular complexity index is 418. The van der Waals surface area contributed by atoms with E-state index in [9.17, 15) is 19.4 Å². The lowest BCUT2D eigenvalue weighted by Crippen LogP contribution is -2.33. The molecule has 1 aromatic carbocycles. The van der Waals surface area contributed by atoms with E-state index in [1.807, 2.05) is 0 Å². The van der Waals surface area contributed by atoms with Gasteiger partial charge in [0, 0.05) is 13.1 Å². The van der Waals surface area contributed by atoms with E-state index in [-0.39, 0.29) is 18.0 Å². The first kappa shape index (κ1) is 11.7. The van der Waals surface area contributed by atoms with Crippen LogP contribution in [-0.2, 0) is 0 Å². The van der Waals surface area contributed by atoms with Gasteiger partial charge in [0.15, 0.2) is 5.82 Å². The summed E-state index contributed by atoms with van der Waals surface area (Å²) in [6.45, 7) is 0.642. The largest absolute Gasteiger partial charge is 0.506 e. The van der Waals surface area contributed by atoms with E-state index >= 15 is 0 Å². The summed E-state index contributed by atoms with van der Waals surface area (Å²) in [7, 11) is 0. The molecule has 0 aliphatic carbocycles. The van der Waals surface area contributed by atoms with Gasteiger partial charge in [0.1, 0.15) is 11.4 Å². The van der Waals surface area contributed by atoms with E-state index in [2.05, 4.69) is 5.32 Å². The van der Waals surface area contributed by atoms with E-state index < -0.39 is 18.0 Å². The molecule has 1 aliphatic heterocycles. The van der Waals surface area contributed by atoms with Crippen LogP contribution in [0, 0.1) is 5.82 Å². The summed E-state index contributed by atoms with van der Waals surface area (Å²) in [5.41, 5.74) is -0.237. The molecule has 17 heavy (non-hydrogen) atoms. The molecule has 0 bridgehead atoms. The van der Waals surface area contributed by atoms with Crippen molar-refractivity contribution < 1.29 is 19.4 Å². The minimum Gasteiger partial charge on any atom is -0.506 e. The lowest BCUT2D eigenvalue weighted by atomic mass is 10.3. The SMILES string of the molecule is O=C(Nc1c(O)cccc1F)N1CC[C@@H](O)C1. The molecule has 6 heteroatoms. The highest BCUT2D eigenvalue weighted by Gasteiger charge is 2.25. The summed E-state index contributed by atoms with van der Waals surface area (Å²) in [6.07, 6.45) is -0.0218. The van der Waals surface area contributed by atoms with Crippen LogP contribution in [0.1, 0.15) is 6.42 Å². The Balaban J connectivity index is 2.08. The molecule has 0 aromatic heterocycles. The number of hydrogen-bond donors (Lipinski definition) is 3. The number of nitrogens with zero attached hydrogens (tertiary/aromatic N) is 1. The van der Waals surface area contributed by atoms with Crippen molar-refractivity contribution in [3.63, 3.8) is 0 Å². The van der Waals surface area contributed by atoms with Crippen molar-refractivity contribution in [2.75, 3.05) is 18.4 Å². The number of likely N-dealkylation sites (tertiary alicyclic amines) is 1. The van der Waals surface area contributed by atoms with Crippen LogP contribution in [0.25, 0.3) is 0 Å². The molecule has 1 aromatic rings. The molecule has 1 aliphatic rings. The lowest BCUT2D eigenvalue weighted by molar-refractivity contribution is 0.176. The summed E-state index contributed by atoms with van der Waals surface area (Å²) >= 11 is 0. The van der Waals surface area contributed by atoms with Crippen LogP contribution in [0.5, 0.6) is 5.75 Å². The molecular weight excluding hydrogens is 227 g/mol. The molecule has 0 saturated carbocycles. The van der Waals surface area contributed by atoms with Gasteiger partial charge in [-0.3, -0.25) is 0 Å². The molecule has 0 radical (unpaired) electrons. The van der Waals surface area contributed by atoms with Crippen LogP contribution in [0.15, 0.2) is 18.2 Å². The number of β-amino-alcohol motifs (C(OH)–C–C–N with tert-alkyl or cyclic N) is 1. The fraction of sp³-hybridized carbons (Fsp3) is 0.364. The van der Waals surface area contributed by atoms with Crippen LogP contribution >= 0.6 is 0 Å². The zero-order valence-electron chi connectivity index (χ0n) is 9.06. The minimum atomic E-state index is -0.696. The first-order valence-electron chi connectivity index (χ1n) is 5.29. The molecule has 92 valence electrons. The molecule has 3 N–H and O–H groups in total. The highest BCUT2D eigenvalue weighted by molar-refractivity contribution is 5.91. The van der Waals surface area contributed by atoms with Gasteiger partial charge in [-0.15, -0.1) is 0 Å². The number of nitrogens with one attached hydrogen (secondary N) is 1.